The number of hydrogen-bond donors (Lipinski definition) is 1. The van der Waals surface area contributed by atoms with Crippen molar-refractivity contribution in [2.45, 2.75) is 24.3 Å². The highest BCUT2D eigenvalue weighted by Gasteiger charge is 2.47. The summed E-state index contributed by atoms with van der Waals surface area (Å²) in [6, 6.07) is 0. The van der Waals surface area contributed by atoms with Gasteiger partial charge in [-0.15, -0.1) is 0 Å². The van der Waals surface area contributed by atoms with Crippen molar-refractivity contribution in [1.29, 1.82) is 0 Å². The molecule has 108 valence electrons. The zero-order valence-electron chi connectivity index (χ0n) is 10.6. The van der Waals surface area contributed by atoms with Crippen LogP contribution in [-0.4, -0.2) is 46.6 Å². The number of halogens is 1. The standard InChI is InChI=1S/C10H11ClN4O4S/c1-10(2)8(17)14-7(16)5-15(10)20(18,19)6-3-12-9(11)13-4-6/h3-4H,5H2,1-2H3,(H,14,16,17). The van der Waals surface area contributed by atoms with Gasteiger partial charge in [0.1, 0.15) is 10.4 Å². The Hall–Kier alpha value is -1.58. The van der Waals surface area contributed by atoms with E-state index in [0.29, 0.717) is 0 Å². The highest BCUT2D eigenvalue weighted by atomic mass is 35.5. The van der Waals surface area contributed by atoms with E-state index in [1.165, 1.54) is 13.8 Å². The van der Waals surface area contributed by atoms with Crippen LogP contribution in [0, 0.1) is 0 Å². The Labute approximate surface area is 120 Å². The van der Waals surface area contributed by atoms with Crippen LogP contribution in [0.1, 0.15) is 13.8 Å². The lowest BCUT2D eigenvalue weighted by molar-refractivity contribution is -0.141. The van der Waals surface area contributed by atoms with Crippen LogP contribution in [0.4, 0.5) is 0 Å². The zero-order chi connectivity index (χ0) is 15.1. The van der Waals surface area contributed by atoms with Crippen molar-refractivity contribution in [2.24, 2.45) is 0 Å². The number of imide groups is 1. The van der Waals surface area contributed by atoms with Gasteiger partial charge in [0, 0.05) is 0 Å². The number of amides is 2. The number of carbonyl (C=O) groups is 2. The summed E-state index contributed by atoms with van der Waals surface area (Å²) < 4.78 is 25.8. The summed E-state index contributed by atoms with van der Waals surface area (Å²) in [6.45, 7) is 2.36. The van der Waals surface area contributed by atoms with Gasteiger partial charge in [0.05, 0.1) is 18.9 Å². The molecule has 1 N–H and O–H groups in total. The van der Waals surface area contributed by atoms with Crippen LogP contribution >= 0.6 is 11.6 Å². The van der Waals surface area contributed by atoms with E-state index in [1.54, 1.807) is 0 Å². The summed E-state index contributed by atoms with van der Waals surface area (Å²) in [4.78, 5) is 30.1. The van der Waals surface area contributed by atoms with E-state index in [4.69, 9.17) is 11.6 Å². The first-order valence-corrected chi connectivity index (χ1v) is 7.32. The first-order chi connectivity index (χ1) is 9.15. The maximum atomic E-state index is 12.5. The van der Waals surface area contributed by atoms with Crippen molar-refractivity contribution in [2.75, 3.05) is 6.54 Å². The molecule has 8 nitrogen and oxygen atoms in total. The molecule has 0 unspecified atom stereocenters. The molecule has 1 fully saturated rings. The molecule has 1 aromatic heterocycles. The zero-order valence-corrected chi connectivity index (χ0v) is 12.2. The van der Waals surface area contributed by atoms with E-state index < -0.39 is 33.9 Å². The number of piperazine rings is 1. The van der Waals surface area contributed by atoms with Gasteiger partial charge in [-0.3, -0.25) is 14.9 Å². The van der Waals surface area contributed by atoms with E-state index in [1.807, 2.05) is 0 Å². The molecule has 0 radical (unpaired) electrons. The lowest BCUT2D eigenvalue weighted by Gasteiger charge is -2.38. The van der Waals surface area contributed by atoms with Gasteiger partial charge >= 0.3 is 0 Å². The molecule has 0 aliphatic carbocycles. The number of aromatic nitrogens is 2. The van der Waals surface area contributed by atoms with Crippen LogP contribution in [0.15, 0.2) is 17.3 Å². The van der Waals surface area contributed by atoms with Gasteiger partial charge in [-0.05, 0) is 25.4 Å². The van der Waals surface area contributed by atoms with Gasteiger partial charge in [-0.25, -0.2) is 18.4 Å². The fourth-order valence-corrected chi connectivity index (χ4v) is 3.40. The normalized spacial score (nSPS) is 19.8. The molecule has 1 aliphatic rings. The average Bonchev–Trinajstić information content (AvgIpc) is 2.34. The first kappa shape index (κ1) is 14.8. The monoisotopic (exact) mass is 318 g/mol. The summed E-state index contributed by atoms with van der Waals surface area (Å²) in [5.74, 6) is -1.38. The fraction of sp³-hybridized carbons (Fsp3) is 0.400. The molecule has 2 heterocycles. The Bertz CT molecular complexity index is 671. The topological polar surface area (TPSA) is 109 Å². The minimum atomic E-state index is -4.08. The van der Waals surface area contributed by atoms with Gasteiger partial charge in [-0.1, -0.05) is 0 Å². The molecule has 1 aliphatic heterocycles. The van der Waals surface area contributed by atoms with Crippen LogP contribution in [0.5, 0.6) is 0 Å². The number of nitrogens with one attached hydrogen (secondary N) is 1. The van der Waals surface area contributed by atoms with Gasteiger partial charge in [-0.2, -0.15) is 4.31 Å². The molecular formula is C10H11ClN4O4S. The molecule has 0 atom stereocenters. The fourth-order valence-electron chi connectivity index (χ4n) is 1.71. The predicted octanol–water partition coefficient (Wildman–Crippen LogP) is -0.444. The van der Waals surface area contributed by atoms with E-state index in [9.17, 15) is 18.0 Å². The summed E-state index contributed by atoms with van der Waals surface area (Å²) in [7, 11) is -4.08. The highest BCUT2D eigenvalue weighted by Crippen LogP contribution is 2.26. The van der Waals surface area contributed by atoms with E-state index >= 15 is 0 Å². The maximum Gasteiger partial charge on any atom is 0.247 e. The molecule has 1 saturated heterocycles. The van der Waals surface area contributed by atoms with Crippen molar-refractivity contribution in [3.63, 3.8) is 0 Å². The summed E-state index contributed by atoms with van der Waals surface area (Å²) in [6.07, 6.45) is 2.05. The molecule has 0 bridgehead atoms. The van der Waals surface area contributed by atoms with Crippen molar-refractivity contribution >= 4 is 33.4 Å². The van der Waals surface area contributed by atoms with E-state index in [0.717, 1.165) is 16.7 Å². The van der Waals surface area contributed by atoms with Crippen molar-refractivity contribution in [3.8, 4) is 0 Å². The SMILES string of the molecule is CC1(C)C(=O)NC(=O)CN1S(=O)(=O)c1cnc(Cl)nc1. The predicted molar refractivity (Wildman–Crippen MR) is 68.2 cm³/mol. The molecule has 0 spiro atoms. The Kier molecular flexibility index (Phi) is 3.53. The maximum absolute atomic E-state index is 12.5. The quantitative estimate of drug-likeness (QED) is 0.584. The number of nitrogens with zero attached hydrogens (tertiary/aromatic N) is 3. The van der Waals surface area contributed by atoms with Crippen LogP contribution in [0.3, 0.4) is 0 Å². The van der Waals surface area contributed by atoms with E-state index in [2.05, 4.69) is 15.3 Å². The third kappa shape index (κ3) is 2.39. The molecule has 1 aromatic rings. The number of hydrogen-bond acceptors (Lipinski definition) is 6. The van der Waals surface area contributed by atoms with Crippen LogP contribution in [-0.2, 0) is 19.6 Å². The van der Waals surface area contributed by atoms with Crippen LogP contribution in [0.2, 0.25) is 5.28 Å². The molecule has 2 rings (SSSR count). The second kappa shape index (κ2) is 4.76. The van der Waals surface area contributed by atoms with Crippen LogP contribution in [0.25, 0.3) is 0 Å². The van der Waals surface area contributed by atoms with Crippen molar-refractivity contribution in [3.05, 3.63) is 17.7 Å². The smallest absolute Gasteiger partial charge is 0.247 e. The second-order valence-corrected chi connectivity index (χ2v) is 6.84. The molecule has 0 saturated carbocycles. The lowest BCUT2D eigenvalue weighted by atomic mass is 10.0. The third-order valence-corrected chi connectivity index (χ3v) is 5.07. The Morgan fingerprint density at radius 2 is 1.85 bits per heavy atom. The molecule has 2 amide bonds. The minimum absolute atomic E-state index is 0.101. The molecular weight excluding hydrogens is 308 g/mol. The first-order valence-electron chi connectivity index (χ1n) is 5.50. The van der Waals surface area contributed by atoms with E-state index in [-0.39, 0.29) is 10.2 Å². The molecule has 0 aromatic carbocycles. The molecule has 20 heavy (non-hydrogen) atoms. The summed E-state index contributed by atoms with van der Waals surface area (Å²) in [5, 5.41) is 1.99. The number of rotatable bonds is 2. The summed E-state index contributed by atoms with van der Waals surface area (Å²) >= 11 is 5.50. The molecule has 10 heteroatoms. The lowest BCUT2D eigenvalue weighted by Crippen LogP contribution is -2.65. The minimum Gasteiger partial charge on any atom is -0.294 e. The highest BCUT2D eigenvalue weighted by molar-refractivity contribution is 7.89. The van der Waals surface area contributed by atoms with Gasteiger partial charge in [0.2, 0.25) is 27.1 Å². The Morgan fingerprint density at radius 1 is 1.30 bits per heavy atom. The number of sulfonamides is 1. The average molecular weight is 319 g/mol. The number of carbonyl (C=O) groups excluding carboxylic acids is 2. The summed E-state index contributed by atoms with van der Waals surface area (Å²) in [5.41, 5.74) is -1.40. The van der Waals surface area contributed by atoms with Crippen molar-refractivity contribution < 1.29 is 18.0 Å². The van der Waals surface area contributed by atoms with Crippen molar-refractivity contribution in [1.82, 2.24) is 19.6 Å². The Balaban J connectivity index is 2.49. The van der Waals surface area contributed by atoms with Gasteiger partial charge < -0.3 is 0 Å². The Morgan fingerprint density at radius 3 is 2.40 bits per heavy atom. The second-order valence-electron chi connectivity index (χ2n) is 4.64. The largest absolute Gasteiger partial charge is 0.294 e. The van der Waals surface area contributed by atoms with Crippen LogP contribution < -0.4 is 5.32 Å². The van der Waals surface area contributed by atoms with Gasteiger partial charge in [0.15, 0.2) is 0 Å². The van der Waals surface area contributed by atoms with Gasteiger partial charge in [0.25, 0.3) is 0 Å². The third-order valence-electron chi connectivity index (χ3n) is 2.90.